The summed E-state index contributed by atoms with van der Waals surface area (Å²) in [5, 5.41) is 2.60. The first-order valence-electron chi connectivity index (χ1n) is 6.01. The molecule has 1 unspecified atom stereocenters. The summed E-state index contributed by atoms with van der Waals surface area (Å²) in [5.74, 6) is 0.185. The summed E-state index contributed by atoms with van der Waals surface area (Å²) in [7, 11) is 1.29. The molecule has 0 bridgehead atoms. The molecule has 0 radical (unpaired) electrons. The molecule has 0 aliphatic carbocycles. The third-order valence-corrected chi connectivity index (χ3v) is 2.87. The number of carbonyl (C=O) groups is 2. The number of nitrogens with one attached hydrogen (secondary N) is 1. The molecule has 0 saturated carbocycles. The second kappa shape index (κ2) is 5.60. The van der Waals surface area contributed by atoms with Gasteiger partial charge in [-0.25, -0.2) is 9.59 Å². The van der Waals surface area contributed by atoms with Crippen molar-refractivity contribution in [2.24, 2.45) is 0 Å². The Morgan fingerprint density at radius 1 is 1.42 bits per heavy atom. The van der Waals surface area contributed by atoms with Gasteiger partial charge in [-0.2, -0.15) is 0 Å². The van der Waals surface area contributed by atoms with Crippen molar-refractivity contribution in [3.63, 3.8) is 0 Å². The Morgan fingerprint density at radius 2 is 2.16 bits per heavy atom. The largest absolute Gasteiger partial charge is 0.490 e. The van der Waals surface area contributed by atoms with Crippen molar-refractivity contribution in [2.45, 2.75) is 13.0 Å². The maximum Gasteiger partial charge on any atom is 0.328 e. The number of methoxy groups -OCH3 is 1. The van der Waals surface area contributed by atoms with E-state index < -0.39 is 12.0 Å². The van der Waals surface area contributed by atoms with Crippen LogP contribution in [0.25, 0.3) is 0 Å². The van der Waals surface area contributed by atoms with E-state index in [9.17, 15) is 9.59 Å². The number of para-hydroxylation sites is 2. The van der Waals surface area contributed by atoms with Gasteiger partial charge in [-0.3, -0.25) is 4.90 Å². The maximum absolute atomic E-state index is 12.1. The lowest BCUT2D eigenvalue weighted by Gasteiger charge is -2.30. The summed E-state index contributed by atoms with van der Waals surface area (Å²) >= 11 is 0. The topological polar surface area (TPSA) is 67.9 Å². The third kappa shape index (κ3) is 2.78. The Bertz CT molecular complexity index is 489. The number of anilines is 1. The van der Waals surface area contributed by atoms with E-state index in [1.54, 1.807) is 24.0 Å². The van der Waals surface area contributed by atoms with Gasteiger partial charge in [0.2, 0.25) is 0 Å². The van der Waals surface area contributed by atoms with Gasteiger partial charge in [-0.15, -0.1) is 0 Å². The van der Waals surface area contributed by atoms with Gasteiger partial charge in [0.1, 0.15) is 18.4 Å². The zero-order valence-corrected chi connectivity index (χ0v) is 10.9. The highest BCUT2D eigenvalue weighted by Crippen LogP contribution is 2.30. The first-order chi connectivity index (χ1) is 9.13. The number of hydrogen-bond acceptors (Lipinski definition) is 4. The molecular formula is C13H16N2O4. The molecule has 1 aromatic carbocycles. The Hall–Kier alpha value is -2.24. The molecule has 1 aliphatic heterocycles. The van der Waals surface area contributed by atoms with Crippen molar-refractivity contribution in [1.29, 1.82) is 0 Å². The molecule has 1 heterocycles. The SMILES string of the molecule is COC(=O)C(C)NC(=O)N1CCOc2ccccc21. The second-order valence-corrected chi connectivity index (χ2v) is 4.16. The average molecular weight is 264 g/mol. The number of ether oxygens (including phenoxy) is 2. The number of rotatable bonds is 2. The molecule has 6 heteroatoms. The van der Waals surface area contributed by atoms with Crippen molar-refractivity contribution >= 4 is 17.7 Å². The van der Waals surface area contributed by atoms with Gasteiger partial charge in [0.05, 0.1) is 19.3 Å². The third-order valence-electron chi connectivity index (χ3n) is 2.87. The van der Waals surface area contributed by atoms with Gasteiger partial charge in [-0.05, 0) is 19.1 Å². The van der Waals surface area contributed by atoms with Crippen LogP contribution in [-0.4, -0.2) is 38.3 Å². The van der Waals surface area contributed by atoms with Crippen molar-refractivity contribution in [2.75, 3.05) is 25.2 Å². The van der Waals surface area contributed by atoms with Crippen LogP contribution in [0.2, 0.25) is 0 Å². The van der Waals surface area contributed by atoms with Crippen LogP contribution in [0.1, 0.15) is 6.92 Å². The van der Waals surface area contributed by atoms with Crippen molar-refractivity contribution in [1.82, 2.24) is 5.32 Å². The summed E-state index contributed by atoms with van der Waals surface area (Å²) in [6.07, 6.45) is 0. The van der Waals surface area contributed by atoms with Crippen LogP contribution >= 0.6 is 0 Å². The minimum atomic E-state index is -0.687. The van der Waals surface area contributed by atoms with E-state index in [-0.39, 0.29) is 6.03 Å². The van der Waals surface area contributed by atoms with E-state index in [1.807, 2.05) is 12.1 Å². The molecular weight excluding hydrogens is 248 g/mol. The summed E-state index contributed by atoms with van der Waals surface area (Å²) < 4.78 is 10.0. The fraction of sp³-hybridized carbons (Fsp3) is 0.385. The molecule has 1 aromatic rings. The van der Waals surface area contributed by atoms with Gasteiger partial charge < -0.3 is 14.8 Å². The van der Waals surface area contributed by atoms with E-state index in [0.717, 1.165) is 0 Å². The lowest BCUT2D eigenvalue weighted by molar-refractivity contribution is -0.142. The van der Waals surface area contributed by atoms with Crippen LogP contribution in [0.15, 0.2) is 24.3 Å². The first kappa shape index (κ1) is 13.2. The molecule has 0 spiro atoms. The summed E-state index contributed by atoms with van der Waals surface area (Å²) in [4.78, 5) is 25.0. The van der Waals surface area contributed by atoms with Gasteiger partial charge in [-0.1, -0.05) is 12.1 Å². The zero-order chi connectivity index (χ0) is 13.8. The average Bonchev–Trinajstić information content (AvgIpc) is 2.45. The van der Waals surface area contributed by atoms with Crippen LogP contribution in [0.3, 0.4) is 0 Å². The van der Waals surface area contributed by atoms with Gasteiger partial charge in [0, 0.05) is 0 Å². The predicted molar refractivity (Wildman–Crippen MR) is 69.3 cm³/mol. The van der Waals surface area contributed by atoms with Crippen LogP contribution in [-0.2, 0) is 9.53 Å². The van der Waals surface area contributed by atoms with Gasteiger partial charge in [0.15, 0.2) is 0 Å². The molecule has 1 N–H and O–H groups in total. The van der Waals surface area contributed by atoms with Crippen LogP contribution in [0.4, 0.5) is 10.5 Å². The molecule has 0 saturated heterocycles. The number of esters is 1. The highest BCUT2D eigenvalue weighted by molar-refractivity contribution is 5.96. The fourth-order valence-corrected chi connectivity index (χ4v) is 1.88. The minimum Gasteiger partial charge on any atom is -0.490 e. The minimum absolute atomic E-state index is 0.339. The van der Waals surface area contributed by atoms with Crippen LogP contribution in [0, 0.1) is 0 Å². The highest BCUT2D eigenvalue weighted by Gasteiger charge is 2.25. The molecule has 102 valence electrons. The number of fused-ring (bicyclic) bond motifs is 1. The molecule has 2 rings (SSSR count). The predicted octanol–water partition coefficient (Wildman–Crippen LogP) is 1.16. The summed E-state index contributed by atoms with van der Waals surface area (Å²) in [6.45, 7) is 2.45. The Balaban J connectivity index is 2.11. The Morgan fingerprint density at radius 3 is 2.89 bits per heavy atom. The van der Waals surface area contributed by atoms with E-state index in [2.05, 4.69) is 10.1 Å². The van der Waals surface area contributed by atoms with Gasteiger partial charge in [0.25, 0.3) is 0 Å². The summed E-state index contributed by atoms with van der Waals surface area (Å²) in [5.41, 5.74) is 0.698. The van der Waals surface area contributed by atoms with Crippen molar-refractivity contribution in [3.05, 3.63) is 24.3 Å². The molecule has 19 heavy (non-hydrogen) atoms. The van der Waals surface area contributed by atoms with Crippen LogP contribution in [0.5, 0.6) is 5.75 Å². The molecule has 2 amide bonds. The van der Waals surface area contributed by atoms with Crippen molar-refractivity contribution in [3.8, 4) is 5.75 Å². The number of amides is 2. The van der Waals surface area contributed by atoms with Crippen molar-refractivity contribution < 1.29 is 19.1 Å². The zero-order valence-electron chi connectivity index (χ0n) is 10.9. The number of carbonyl (C=O) groups excluding carboxylic acids is 2. The van der Waals surface area contributed by atoms with E-state index >= 15 is 0 Å². The molecule has 0 fully saturated rings. The molecule has 6 nitrogen and oxygen atoms in total. The Kier molecular flexibility index (Phi) is 3.89. The smallest absolute Gasteiger partial charge is 0.328 e. The quantitative estimate of drug-likeness (QED) is 0.814. The maximum atomic E-state index is 12.1. The number of nitrogens with zero attached hydrogens (tertiary/aromatic N) is 1. The molecule has 0 aromatic heterocycles. The second-order valence-electron chi connectivity index (χ2n) is 4.16. The lowest BCUT2D eigenvalue weighted by Crippen LogP contribution is -2.49. The monoisotopic (exact) mass is 264 g/mol. The lowest BCUT2D eigenvalue weighted by atomic mass is 10.2. The number of benzene rings is 1. The van der Waals surface area contributed by atoms with E-state index in [4.69, 9.17) is 4.74 Å². The number of urea groups is 1. The summed E-state index contributed by atoms with van der Waals surface area (Å²) in [6, 6.07) is 6.26. The fourth-order valence-electron chi connectivity index (χ4n) is 1.88. The van der Waals surface area contributed by atoms with E-state index in [1.165, 1.54) is 7.11 Å². The number of hydrogen-bond donors (Lipinski definition) is 1. The highest BCUT2D eigenvalue weighted by atomic mass is 16.5. The Labute approximate surface area is 111 Å². The van der Waals surface area contributed by atoms with Crippen LogP contribution < -0.4 is 15.0 Å². The standard InChI is InChI=1S/C13H16N2O4/c1-9(12(16)18-2)14-13(17)15-7-8-19-11-6-4-3-5-10(11)15/h3-6,9H,7-8H2,1-2H3,(H,14,17). The van der Waals surface area contributed by atoms with Gasteiger partial charge >= 0.3 is 12.0 Å². The van der Waals surface area contributed by atoms with E-state index in [0.29, 0.717) is 24.6 Å². The molecule has 1 atom stereocenters. The normalized spacial score (nSPS) is 14.9. The molecule has 1 aliphatic rings. The first-order valence-corrected chi connectivity index (χ1v) is 6.01.